The molecule has 0 saturated heterocycles. The SMILES string of the molecule is CCC(C)(CCC(N)=O)[N+](=O)[O-]. The molecule has 1 amide bonds. The summed E-state index contributed by atoms with van der Waals surface area (Å²) in [6, 6.07) is 0. The van der Waals surface area contributed by atoms with Crippen molar-refractivity contribution < 1.29 is 9.72 Å². The van der Waals surface area contributed by atoms with Gasteiger partial charge in [-0.1, -0.05) is 6.92 Å². The zero-order chi connectivity index (χ0) is 9.78. The van der Waals surface area contributed by atoms with Crippen molar-refractivity contribution in [1.29, 1.82) is 0 Å². The molecule has 0 fully saturated rings. The molecule has 5 heteroatoms. The van der Waals surface area contributed by atoms with Gasteiger partial charge in [0.1, 0.15) is 0 Å². The van der Waals surface area contributed by atoms with Gasteiger partial charge in [0.05, 0.1) is 0 Å². The van der Waals surface area contributed by atoms with E-state index < -0.39 is 11.4 Å². The second-order valence-corrected chi connectivity index (χ2v) is 3.07. The lowest BCUT2D eigenvalue weighted by atomic mass is 9.94. The Hall–Kier alpha value is -1.13. The Morgan fingerprint density at radius 2 is 2.17 bits per heavy atom. The first-order chi connectivity index (χ1) is 5.42. The van der Waals surface area contributed by atoms with Gasteiger partial charge in [-0.15, -0.1) is 0 Å². The minimum absolute atomic E-state index is 0.0747. The van der Waals surface area contributed by atoms with Crippen LogP contribution in [-0.2, 0) is 4.79 Å². The number of amides is 1. The van der Waals surface area contributed by atoms with Gasteiger partial charge < -0.3 is 5.73 Å². The average Bonchev–Trinajstić information content (AvgIpc) is 1.99. The van der Waals surface area contributed by atoms with Crippen LogP contribution in [-0.4, -0.2) is 16.4 Å². The largest absolute Gasteiger partial charge is 0.370 e. The van der Waals surface area contributed by atoms with Crippen LogP contribution in [0.3, 0.4) is 0 Å². The molecule has 0 aliphatic rings. The standard InChI is InChI=1S/C7H14N2O3/c1-3-7(2,9(11)12)5-4-6(8)10/h3-5H2,1-2H3,(H2,8,10). The molecule has 0 heterocycles. The van der Waals surface area contributed by atoms with E-state index >= 15 is 0 Å². The highest BCUT2D eigenvalue weighted by Gasteiger charge is 2.34. The summed E-state index contributed by atoms with van der Waals surface area (Å²) in [7, 11) is 0. The number of primary amides is 1. The van der Waals surface area contributed by atoms with Crippen LogP contribution < -0.4 is 5.73 Å². The number of hydrogen-bond acceptors (Lipinski definition) is 3. The fourth-order valence-electron chi connectivity index (χ4n) is 0.790. The van der Waals surface area contributed by atoms with Gasteiger partial charge in [0.2, 0.25) is 11.4 Å². The number of carbonyl (C=O) groups excluding carboxylic acids is 1. The molecule has 2 N–H and O–H groups in total. The van der Waals surface area contributed by atoms with Gasteiger partial charge in [-0.25, -0.2) is 0 Å². The minimum atomic E-state index is -1.00. The van der Waals surface area contributed by atoms with Crippen LogP contribution >= 0.6 is 0 Å². The molecular weight excluding hydrogens is 160 g/mol. The molecule has 12 heavy (non-hydrogen) atoms. The highest BCUT2D eigenvalue weighted by atomic mass is 16.6. The number of hydrogen-bond donors (Lipinski definition) is 1. The Bertz CT molecular complexity index is 193. The molecule has 0 spiro atoms. The summed E-state index contributed by atoms with van der Waals surface area (Å²) in [6.07, 6.45) is 0.699. The monoisotopic (exact) mass is 174 g/mol. The molecule has 0 bridgehead atoms. The normalized spacial score (nSPS) is 15.2. The van der Waals surface area contributed by atoms with Crippen LogP contribution in [0.5, 0.6) is 0 Å². The molecule has 0 rings (SSSR count). The van der Waals surface area contributed by atoms with E-state index in [0.29, 0.717) is 6.42 Å². The molecule has 1 unspecified atom stereocenters. The van der Waals surface area contributed by atoms with Gasteiger partial charge in [0.15, 0.2) is 0 Å². The second-order valence-electron chi connectivity index (χ2n) is 3.07. The van der Waals surface area contributed by atoms with E-state index in [1.165, 1.54) is 6.92 Å². The summed E-state index contributed by atoms with van der Waals surface area (Å²) >= 11 is 0. The van der Waals surface area contributed by atoms with E-state index in [-0.39, 0.29) is 17.8 Å². The Balaban J connectivity index is 4.15. The van der Waals surface area contributed by atoms with E-state index in [1.54, 1.807) is 6.92 Å². The van der Waals surface area contributed by atoms with Gasteiger partial charge in [0.25, 0.3) is 0 Å². The topological polar surface area (TPSA) is 86.2 Å². The number of carbonyl (C=O) groups is 1. The van der Waals surface area contributed by atoms with Crippen molar-refractivity contribution in [2.75, 3.05) is 0 Å². The number of nitro groups is 1. The molecule has 1 atom stereocenters. The zero-order valence-electron chi connectivity index (χ0n) is 7.37. The maximum Gasteiger partial charge on any atom is 0.219 e. The van der Waals surface area contributed by atoms with Crippen molar-refractivity contribution in [2.24, 2.45) is 5.73 Å². The quantitative estimate of drug-likeness (QED) is 0.491. The summed E-state index contributed by atoms with van der Waals surface area (Å²) in [5.74, 6) is -0.489. The molecule has 0 saturated carbocycles. The molecular formula is C7H14N2O3. The lowest BCUT2D eigenvalue weighted by Crippen LogP contribution is -2.35. The summed E-state index contributed by atoms with van der Waals surface area (Å²) in [5, 5.41) is 10.5. The van der Waals surface area contributed by atoms with Crippen LogP contribution in [0, 0.1) is 10.1 Å². The van der Waals surface area contributed by atoms with Crippen molar-refractivity contribution in [3.8, 4) is 0 Å². The first kappa shape index (κ1) is 10.9. The summed E-state index contributed by atoms with van der Waals surface area (Å²) in [6.45, 7) is 3.25. The van der Waals surface area contributed by atoms with Crippen LogP contribution in [0.15, 0.2) is 0 Å². The lowest BCUT2D eigenvalue weighted by Gasteiger charge is -2.17. The van der Waals surface area contributed by atoms with Crippen molar-refractivity contribution >= 4 is 5.91 Å². The molecule has 0 aliphatic heterocycles. The van der Waals surface area contributed by atoms with Gasteiger partial charge in [-0.05, 0) is 0 Å². The lowest BCUT2D eigenvalue weighted by molar-refractivity contribution is -0.566. The Morgan fingerprint density at radius 3 is 2.42 bits per heavy atom. The predicted octanol–water partition coefficient (Wildman–Crippen LogP) is 0.697. The molecule has 5 nitrogen and oxygen atoms in total. The van der Waals surface area contributed by atoms with E-state index in [0.717, 1.165) is 0 Å². The fraction of sp³-hybridized carbons (Fsp3) is 0.857. The third-order valence-electron chi connectivity index (χ3n) is 2.11. The van der Waals surface area contributed by atoms with Gasteiger partial charge >= 0.3 is 0 Å². The Kier molecular flexibility index (Phi) is 3.66. The fourth-order valence-corrected chi connectivity index (χ4v) is 0.790. The zero-order valence-corrected chi connectivity index (χ0v) is 7.37. The molecule has 0 aromatic carbocycles. The first-order valence-corrected chi connectivity index (χ1v) is 3.85. The highest BCUT2D eigenvalue weighted by Crippen LogP contribution is 2.19. The van der Waals surface area contributed by atoms with Crippen LogP contribution in [0.2, 0.25) is 0 Å². The number of rotatable bonds is 5. The van der Waals surface area contributed by atoms with E-state index in [2.05, 4.69) is 0 Å². The predicted molar refractivity (Wildman–Crippen MR) is 44.1 cm³/mol. The second kappa shape index (κ2) is 4.04. The minimum Gasteiger partial charge on any atom is -0.370 e. The van der Waals surface area contributed by atoms with Crippen molar-refractivity contribution in [3.63, 3.8) is 0 Å². The molecule has 0 aliphatic carbocycles. The van der Waals surface area contributed by atoms with Gasteiger partial charge in [-0.2, -0.15) is 0 Å². The highest BCUT2D eigenvalue weighted by molar-refractivity contribution is 5.73. The van der Waals surface area contributed by atoms with Crippen molar-refractivity contribution in [2.45, 2.75) is 38.6 Å². The first-order valence-electron chi connectivity index (χ1n) is 3.85. The number of nitrogens with zero attached hydrogens (tertiary/aromatic N) is 1. The van der Waals surface area contributed by atoms with Gasteiger partial charge in [-0.3, -0.25) is 14.9 Å². The smallest absolute Gasteiger partial charge is 0.219 e. The maximum atomic E-state index is 10.5. The summed E-state index contributed by atoms with van der Waals surface area (Å²) < 4.78 is 0. The van der Waals surface area contributed by atoms with Crippen molar-refractivity contribution in [3.05, 3.63) is 10.1 Å². The van der Waals surface area contributed by atoms with Gasteiger partial charge in [0, 0.05) is 31.1 Å². The molecule has 0 radical (unpaired) electrons. The van der Waals surface area contributed by atoms with Crippen molar-refractivity contribution in [1.82, 2.24) is 0 Å². The Morgan fingerprint density at radius 1 is 1.67 bits per heavy atom. The van der Waals surface area contributed by atoms with Crippen LogP contribution in [0.1, 0.15) is 33.1 Å². The third-order valence-corrected chi connectivity index (χ3v) is 2.11. The van der Waals surface area contributed by atoms with E-state index in [9.17, 15) is 14.9 Å². The maximum absolute atomic E-state index is 10.5. The average molecular weight is 174 g/mol. The Labute approximate surface area is 71.1 Å². The summed E-state index contributed by atoms with van der Waals surface area (Å²) in [5.41, 5.74) is 3.89. The van der Waals surface area contributed by atoms with E-state index in [1.807, 2.05) is 0 Å². The van der Waals surface area contributed by atoms with Crippen LogP contribution in [0.25, 0.3) is 0 Å². The molecule has 0 aromatic rings. The van der Waals surface area contributed by atoms with E-state index in [4.69, 9.17) is 5.73 Å². The third kappa shape index (κ3) is 2.86. The summed E-state index contributed by atoms with van der Waals surface area (Å²) in [4.78, 5) is 20.6. The molecule has 70 valence electrons. The molecule has 0 aromatic heterocycles. The number of nitrogens with two attached hydrogens (primary N) is 1. The van der Waals surface area contributed by atoms with Crippen LogP contribution in [0.4, 0.5) is 0 Å².